The third kappa shape index (κ3) is 5.35. The van der Waals surface area contributed by atoms with E-state index in [1.54, 1.807) is 48.5 Å². The maximum atomic E-state index is 13.9. The number of benzene rings is 2. The number of aromatic nitrogens is 3. The van der Waals surface area contributed by atoms with Crippen LogP contribution in [-0.4, -0.2) is 28.1 Å². The highest BCUT2D eigenvalue weighted by Crippen LogP contribution is 2.30. The predicted molar refractivity (Wildman–Crippen MR) is 148 cm³/mol. The van der Waals surface area contributed by atoms with E-state index in [1.165, 1.54) is 22.9 Å². The van der Waals surface area contributed by atoms with Crippen molar-refractivity contribution in [2.45, 2.75) is 55.5 Å². The van der Waals surface area contributed by atoms with Crippen LogP contribution in [-0.2, 0) is 16.3 Å². The van der Waals surface area contributed by atoms with Gasteiger partial charge in [-0.3, -0.25) is 9.36 Å². The van der Waals surface area contributed by atoms with E-state index in [2.05, 4.69) is 22.1 Å². The van der Waals surface area contributed by atoms with Gasteiger partial charge in [0, 0.05) is 23.7 Å². The first-order valence-electron chi connectivity index (χ1n) is 12.8. The normalized spacial score (nSPS) is 11.9. The quantitative estimate of drug-likeness (QED) is 0.307. The third-order valence-corrected chi connectivity index (χ3v) is 8.31. The fourth-order valence-corrected chi connectivity index (χ4v) is 5.90. The minimum absolute atomic E-state index is 0.258. The molecule has 0 fully saturated rings. The van der Waals surface area contributed by atoms with Crippen LogP contribution in [0.2, 0.25) is 0 Å². The van der Waals surface area contributed by atoms with Gasteiger partial charge in [-0.1, -0.05) is 50.6 Å². The lowest BCUT2D eigenvalue weighted by Gasteiger charge is -2.23. The summed E-state index contributed by atoms with van der Waals surface area (Å²) in [6, 6.07) is 19.9. The van der Waals surface area contributed by atoms with Gasteiger partial charge in [-0.25, -0.2) is 13.4 Å². The van der Waals surface area contributed by atoms with E-state index in [-0.39, 0.29) is 5.82 Å². The fraction of sp³-hybridized carbons (Fsp3) is 0.233. The molecule has 4 rings (SSSR count). The molecule has 2 aromatic carbocycles. The Balaban J connectivity index is 1.88. The molecule has 1 unspecified atom stereocenters. The topological polar surface area (TPSA) is 150 Å². The van der Waals surface area contributed by atoms with Gasteiger partial charge in [-0.05, 0) is 48.7 Å². The summed E-state index contributed by atoms with van der Waals surface area (Å²) in [5.41, 5.74) is 1.65. The molecule has 2 aromatic heterocycles. The van der Waals surface area contributed by atoms with Crippen LogP contribution in [0.4, 0.5) is 0 Å². The van der Waals surface area contributed by atoms with E-state index < -0.39 is 37.2 Å². The average molecular weight is 554 g/mol. The summed E-state index contributed by atoms with van der Waals surface area (Å²) in [6.45, 7) is 3.82. The van der Waals surface area contributed by atoms with Crippen LogP contribution in [0.25, 0.3) is 11.1 Å². The lowest BCUT2D eigenvalue weighted by atomic mass is 10.0. The predicted octanol–water partition coefficient (Wildman–Crippen LogP) is 4.93. The first-order chi connectivity index (χ1) is 19.3. The minimum atomic E-state index is -4.59. The van der Waals surface area contributed by atoms with Gasteiger partial charge in [0.2, 0.25) is 20.6 Å². The number of aromatic hydroxyl groups is 1. The van der Waals surface area contributed by atoms with Crippen LogP contribution < -0.4 is 5.56 Å². The number of nitrogens with zero attached hydrogens (tertiary/aromatic N) is 5. The summed E-state index contributed by atoms with van der Waals surface area (Å²) in [6.07, 6.45) is 3.52. The molecule has 0 aliphatic heterocycles. The monoisotopic (exact) mass is 553 g/mol. The van der Waals surface area contributed by atoms with Crippen molar-refractivity contribution >= 4 is 9.84 Å². The van der Waals surface area contributed by atoms with Gasteiger partial charge in [0.15, 0.2) is 5.03 Å². The van der Waals surface area contributed by atoms with E-state index in [0.717, 1.165) is 6.42 Å². The second kappa shape index (κ2) is 11.9. The summed E-state index contributed by atoms with van der Waals surface area (Å²) >= 11 is 0. The molecule has 1 N–H and O–H groups in total. The van der Waals surface area contributed by atoms with E-state index >= 15 is 0 Å². The summed E-state index contributed by atoms with van der Waals surface area (Å²) in [5, 5.41) is 29.1. The largest absolute Gasteiger partial charge is 0.492 e. The molecule has 40 heavy (non-hydrogen) atoms. The Bertz CT molecular complexity index is 1800. The summed E-state index contributed by atoms with van der Waals surface area (Å²) < 4.78 is 28.7. The molecule has 0 radical (unpaired) electrons. The molecule has 0 saturated carbocycles. The van der Waals surface area contributed by atoms with Crippen molar-refractivity contribution in [1.82, 2.24) is 14.5 Å². The number of hydrogen-bond acceptors (Lipinski definition) is 8. The van der Waals surface area contributed by atoms with Crippen molar-refractivity contribution < 1.29 is 13.5 Å². The van der Waals surface area contributed by atoms with Crippen LogP contribution in [0.5, 0.6) is 5.88 Å². The first-order valence-corrected chi connectivity index (χ1v) is 14.3. The van der Waals surface area contributed by atoms with E-state index in [0.29, 0.717) is 47.1 Å². The number of nitriles is 2. The molecule has 202 valence electrons. The summed E-state index contributed by atoms with van der Waals surface area (Å²) in [4.78, 5) is 21.4. The average Bonchev–Trinajstić information content (AvgIpc) is 2.97. The molecular formula is C30H27N5O4S. The van der Waals surface area contributed by atoms with Gasteiger partial charge < -0.3 is 5.11 Å². The molecule has 0 aliphatic rings. The van der Waals surface area contributed by atoms with Gasteiger partial charge in [0.05, 0.1) is 29.3 Å². The van der Waals surface area contributed by atoms with Crippen molar-refractivity contribution in [2.75, 3.05) is 0 Å². The smallest absolute Gasteiger partial charge is 0.277 e. The molecule has 0 saturated heterocycles. The molecule has 10 heteroatoms. The zero-order valence-corrected chi connectivity index (χ0v) is 22.9. The zero-order valence-electron chi connectivity index (χ0n) is 22.1. The molecule has 4 aromatic rings. The zero-order chi connectivity index (χ0) is 28.9. The molecule has 0 aliphatic carbocycles. The van der Waals surface area contributed by atoms with E-state index in [9.17, 15) is 28.8 Å². The highest BCUT2D eigenvalue weighted by molar-refractivity contribution is 7.91. The standard InChI is InChI=1S/C30H27N5O4S/c1-3-5-13-26-34-29(36)28(30(37)35(26)25(4-2)21-11-8-9-20(16-21)17-31)40(38,39)27-15-14-23(19-33-27)24-12-7-6-10-22(24)18-32/h6-12,14-16,19,25,36H,3-5,13H2,1-2H3. The highest BCUT2D eigenvalue weighted by Gasteiger charge is 2.32. The SMILES string of the molecule is CCCCc1nc(O)c(S(=O)(=O)c2ccc(-c3ccccc3C#N)cn2)c(=O)n1C(CC)c1cccc(C#N)c1. The maximum Gasteiger partial charge on any atom is 0.277 e. The Morgan fingerprint density at radius 3 is 2.45 bits per heavy atom. The lowest BCUT2D eigenvalue weighted by Crippen LogP contribution is -2.33. The number of rotatable bonds is 9. The van der Waals surface area contributed by atoms with E-state index in [1.807, 2.05) is 13.8 Å². The first kappa shape index (κ1) is 28.2. The number of aryl methyl sites for hydroxylation is 1. The number of hydrogen-bond donors (Lipinski definition) is 1. The van der Waals surface area contributed by atoms with Crippen LogP contribution in [0.15, 0.2) is 81.6 Å². The van der Waals surface area contributed by atoms with Crippen molar-refractivity contribution in [3.8, 4) is 29.1 Å². The van der Waals surface area contributed by atoms with Crippen LogP contribution in [0.3, 0.4) is 0 Å². The number of pyridine rings is 1. The summed E-state index contributed by atoms with van der Waals surface area (Å²) in [7, 11) is -4.59. The highest BCUT2D eigenvalue weighted by atomic mass is 32.2. The maximum absolute atomic E-state index is 13.9. The van der Waals surface area contributed by atoms with E-state index in [4.69, 9.17) is 0 Å². The molecule has 1 atom stereocenters. The Labute approximate surface area is 232 Å². The van der Waals surface area contributed by atoms with Gasteiger partial charge in [0.1, 0.15) is 5.82 Å². The van der Waals surface area contributed by atoms with Crippen molar-refractivity contribution in [2.24, 2.45) is 0 Å². The molecule has 2 heterocycles. The van der Waals surface area contributed by atoms with Gasteiger partial charge >= 0.3 is 0 Å². The molecular weight excluding hydrogens is 526 g/mol. The van der Waals surface area contributed by atoms with Crippen LogP contribution in [0.1, 0.15) is 61.7 Å². The minimum Gasteiger partial charge on any atom is -0.492 e. The molecule has 0 spiro atoms. The number of unbranched alkanes of at least 4 members (excludes halogenated alkanes) is 1. The van der Waals surface area contributed by atoms with Crippen molar-refractivity contribution in [3.05, 3.63) is 99.7 Å². The summed E-state index contributed by atoms with van der Waals surface area (Å²) in [5.74, 6) is -0.623. The third-order valence-electron chi connectivity index (χ3n) is 6.62. The lowest BCUT2D eigenvalue weighted by molar-refractivity contribution is 0.406. The van der Waals surface area contributed by atoms with Crippen molar-refractivity contribution in [1.29, 1.82) is 10.5 Å². The Morgan fingerprint density at radius 1 is 1.02 bits per heavy atom. The Morgan fingerprint density at radius 2 is 1.80 bits per heavy atom. The Hall–Kier alpha value is -4.80. The molecule has 0 bridgehead atoms. The molecule has 9 nitrogen and oxygen atoms in total. The fourth-order valence-electron chi connectivity index (χ4n) is 4.64. The van der Waals surface area contributed by atoms with Gasteiger partial charge in [-0.15, -0.1) is 0 Å². The number of sulfone groups is 1. The van der Waals surface area contributed by atoms with Crippen LogP contribution >= 0.6 is 0 Å². The Kier molecular flexibility index (Phi) is 8.42. The second-order valence-corrected chi connectivity index (χ2v) is 11.0. The van der Waals surface area contributed by atoms with Crippen molar-refractivity contribution in [3.63, 3.8) is 0 Å². The molecule has 0 amide bonds. The van der Waals surface area contributed by atoms with Crippen LogP contribution in [0, 0.1) is 22.7 Å². The van der Waals surface area contributed by atoms with Gasteiger partial charge in [-0.2, -0.15) is 15.5 Å². The van der Waals surface area contributed by atoms with Gasteiger partial charge in [0.25, 0.3) is 5.56 Å². The second-order valence-electron chi connectivity index (χ2n) is 9.17.